The molecule has 0 aliphatic heterocycles. The SMILES string of the molecule is C[B]C1=CC(=O)C2=C(C(O)CC=C2O)C1O. The van der Waals surface area contributed by atoms with Crippen molar-refractivity contribution in [3.05, 3.63) is 34.5 Å². The second-order valence-corrected chi connectivity index (χ2v) is 3.87. The highest BCUT2D eigenvalue weighted by Crippen LogP contribution is 2.33. The monoisotopic (exact) mass is 219 g/mol. The minimum atomic E-state index is -1.01. The molecule has 5 heteroatoms. The van der Waals surface area contributed by atoms with E-state index in [0.29, 0.717) is 5.47 Å². The van der Waals surface area contributed by atoms with Crippen LogP contribution in [0.1, 0.15) is 6.42 Å². The molecule has 2 aliphatic carbocycles. The van der Waals surface area contributed by atoms with Gasteiger partial charge >= 0.3 is 0 Å². The summed E-state index contributed by atoms with van der Waals surface area (Å²) < 4.78 is 0. The van der Waals surface area contributed by atoms with E-state index in [0.717, 1.165) is 0 Å². The predicted molar refractivity (Wildman–Crippen MR) is 59.1 cm³/mol. The Kier molecular flexibility index (Phi) is 2.74. The summed E-state index contributed by atoms with van der Waals surface area (Å²) in [7, 11) is 1.62. The summed E-state index contributed by atoms with van der Waals surface area (Å²) in [6.45, 7) is 1.71. The number of ketones is 1. The van der Waals surface area contributed by atoms with Crippen LogP contribution in [-0.2, 0) is 4.79 Å². The van der Waals surface area contributed by atoms with E-state index in [1.165, 1.54) is 12.2 Å². The Balaban J connectivity index is 2.52. The summed E-state index contributed by atoms with van der Waals surface area (Å²) in [5, 5.41) is 29.3. The smallest absolute Gasteiger partial charge is 0.188 e. The quantitative estimate of drug-likeness (QED) is 0.545. The molecule has 0 spiro atoms. The van der Waals surface area contributed by atoms with E-state index < -0.39 is 12.2 Å². The topological polar surface area (TPSA) is 77.8 Å². The first kappa shape index (κ1) is 11.2. The van der Waals surface area contributed by atoms with Crippen LogP contribution in [0.15, 0.2) is 34.5 Å². The molecule has 3 N–H and O–H groups in total. The highest BCUT2D eigenvalue weighted by Gasteiger charge is 2.35. The largest absolute Gasteiger partial charge is 0.508 e. The molecular weight excluding hydrogens is 207 g/mol. The zero-order chi connectivity index (χ0) is 11.9. The average molecular weight is 219 g/mol. The number of hydrogen-bond donors (Lipinski definition) is 3. The maximum absolute atomic E-state index is 11.7. The molecule has 0 heterocycles. The molecule has 0 amide bonds. The second kappa shape index (κ2) is 3.92. The van der Waals surface area contributed by atoms with Gasteiger partial charge in [-0.25, -0.2) is 0 Å². The first-order valence-corrected chi connectivity index (χ1v) is 5.11. The molecule has 0 aromatic heterocycles. The van der Waals surface area contributed by atoms with Gasteiger partial charge in [0.25, 0.3) is 0 Å². The van der Waals surface area contributed by atoms with Crippen LogP contribution >= 0.6 is 0 Å². The van der Waals surface area contributed by atoms with E-state index in [4.69, 9.17) is 0 Å². The van der Waals surface area contributed by atoms with E-state index in [2.05, 4.69) is 0 Å². The fourth-order valence-corrected chi connectivity index (χ4v) is 2.08. The van der Waals surface area contributed by atoms with Crippen LogP contribution in [0.3, 0.4) is 0 Å². The van der Waals surface area contributed by atoms with Gasteiger partial charge < -0.3 is 15.3 Å². The Morgan fingerprint density at radius 2 is 2.12 bits per heavy atom. The van der Waals surface area contributed by atoms with Gasteiger partial charge in [0.2, 0.25) is 0 Å². The minimum absolute atomic E-state index is 0.0388. The van der Waals surface area contributed by atoms with Crippen molar-refractivity contribution >= 4 is 13.1 Å². The summed E-state index contributed by atoms with van der Waals surface area (Å²) in [5.41, 5.74) is 0.704. The Morgan fingerprint density at radius 3 is 2.75 bits per heavy atom. The lowest BCUT2D eigenvalue weighted by atomic mass is 9.64. The second-order valence-electron chi connectivity index (χ2n) is 3.87. The Bertz CT molecular complexity index is 433. The highest BCUT2D eigenvalue weighted by molar-refractivity contribution is 6.45. The van der Waals surface area contributed by atoms with Crippen LogP contribution in [0.4, 0.5) is 0 Å². The van der Waals surface area contributed by atoms with E-state index in [9.17, 15) is 20.1 Å². The molecule has 83 valence electrons. The van der Waals surface area contributed by atoms with Gasteiger partial charge in [0.1, 0.15) is 13.0 Å². The van der Waals surface area contributed by atoms with E-state index in [-0.39, 0.29) is 29.1 Å². The number of hydrogen-bond acceptors (Lipinski definition) is 4. The van der Waals surface area contributed by atoms with E-state index in [1.807, 2.05) is 0 Å². The van der Waals surface area contributed by atoms with Crippen molar-refractivity contribution in [2.75, 3.05) is 0 Å². The van der Waals surface area contributed by atoms with Crippen molar-refractivity contribution in [3.63, 3.8) is 0 Å². The van der Waals surface area contributed by atoms with Crippen molar-refractivity contribution in [1.29, 1.82) is 0 Å². The molecule has 16 heavy (non-hydrogen) atoms. The first-order valence-electron chi connectivity index (χ1n) is 5.11. The molecule has 2 rings (SSSR count). The van der Waals surface area contributed by atoms with Crippen molar-refractivity contribution in [2.45, 2.75) is 25.5 Å². The van der Waals surface area contributed by atoms with Crippen LogP contribution in [0.25, 0.3) is 0 Å². The number of aliphatic hydroxyl groups excluding tert-OH is 3. The molecule has 0 saturated heterocycles. The lowest BCUT2D eigenvalue weighted by molar-refractivity contribution is -0.111. The molecule has 0 saturated carbocycles. The minimum Gasteiger partial charge on any atom is -0.508 e. The van der Waals surface area contributed by atoms with Gasteiger partial charge in [-0.2, -0.15) is 0 Å². The third kappa shape index (κ3) is 1.52. The lowest BCUT2D eigenvalue weighted by Crippen LogP contribution is -2.34. The van der Waals surface area contributed by atoms with Gasteiger partial charge in [0.05, 0.1) is 17.8 Å². The summed E-state index contributed by atoms with van der Waals surface area (Å²) in [6.07, 6.45) is 0.970. The highest BCUT2D eigenvalue weighted by atomic mass is 16.3. The van der Waals surface area contributed by atoms with Crippen LogP contribution in [0.2, 0.25) is 6.82 Å². The maximum Gasteiger partial charge on any atom is 0.188 e. The molecule has 4 nitrogen and oxygen atoms in total. The summed E-state index contributed by atoms with van der Waals surface area (Å²) in [5.74, 6) is -0.531. The summed E-state index contributed by atoms with van der Waals surface area (Å²) >= 11 is 0. The maximum atomic E-state index is 11.7. The van der Waals surface area contributed by atoms with Gasteiger partial charge in [-0.3, -0.25) is 4.79 Å². The Labute approximate surface area is 93.8 Å². The number of aliphatic hydroxyl groups is 3. The zero-order valence-corrected chi connectivity index (χ0v) is 8.84. The van der Waals surface area contributed by atoms with Crippen molar-refractivity contribution in [1.82, 2.24) is 0 Å². The Morgan fingerprint density at radius 1 is 1.44 bits per heavy atom. The van der Waals surface area contributed by atoms with Crippen LogP contribution in [-0.4, -0.2) is 40.6 Å². The number of carbonyl (C=O) groups is 1. The third-order valence-corrected chi connectivity index (χ3v) is 2.93. The van der Waals surface area contributed by atoms with Gasteiger partial charge in [-0.05, 0) is 18.6 Å². The van der Waals surface area contributed by atoms with Gasteiger partial charge in [-0.1, -0.05) is 12.3 Å². The average Bonchev–Trinajstić information content (AvgIpc) is 2.26. The molecule has 0 bridgehead atoms. The van der Waals surface area contributed by atoms with E-state index >= 15 is 0 Å². The molecular formula is C11H12BO4. The van der Waals surface area contributed by atoms with Gasteiger partial charge in [0, 0.05) is 5.57 Å². The molecule has 2 unspecified atom stereocenters. The third-order valence-electron chi connectivity index (χ3n) is 2.93. The predicted octanol–water partition coefficient (Wildman–Crippen LogP) is 0.0693. The molecule has 0 aromatic carbocycles. The normalized spacial score (nSPS) is 29.6. The number of allylic oxidation sites excluding steroid dienone is 2. The fraction of sp³-hybridized carbons (Fsp3) is 0.364. The van der Waals surface area contributed by atoms with Crippen LogP contribution < -0.4 is 0 Å². The Hall–Kier alpha value is -1.33. The van der Waals surface area contributed by atoms with Crippen LogP contribution in [0.5, 0.6) is 0 Å². The van der Waals surface area contributed by atoms with Gasteiger partial charge in [-0.15, -0.1) is 0 Å². The molecule has 0 aromatic rings. The summed E-state index contributed by atoms with van der Waals surface area (Å²) in [6, 6.07) is 0. The van der Waals surface area contributed by atoms with Crippen molar-refractivity contribution < 1.29 is 20.1 Å². The first-order chi connectivity index (χ1) is 7.56. The summed E-state index contributed by atoms with van der Waals surface area (Å²) in [4.78, 5) is 11.7. The van der Waals surface area contributed by atoms with Crippen LogP contribution in [0, 0.1) is 0 Å². The number of rotatable bonds is 1. The molecule has 1 radical (unpaired) electrons. The number of carbonyl (C=O) groups excluding carboxylic acids is 1. The van der Waals surface area contributed by atoms with Crippen molar-refractivity contribution in [3.8, 4) is 0 Å². The standard InChI is InChI=1S/C11H12BO4/c1-12-5-4-8(15)9-6(13)2-3-7(14)10(9)11(5)16/h2,4,7,11,13-14,16H,3H2,1H3. The lowest BCUT2D eigenvalue weighted by Gasteiger charge is -2.30. The molecule has 0 fully saturated rings. The van der Waals surface area contributed by atoms with Crippen molar-refractivity contribution in [2.24, 2.45) is 0 Å². The van der Waals surface area contributed by atoms with Gasteiger partial charge in [0.15, 0.2) is 5.78 Å². The van der Waals surface area contributed by atoms with E-state index in [1.54, 1.807) is 14.1 Å². The molecule has 2 atom stereocenters. The molecule has 2 aliphatic rings. The zero-order valence-electron chi connectivity index (χ0n) is 8.84. The fourth-order valence-electron chi connectivity index (χ4n) is 2.08.